The van der Waals surface area contributed by atoms with E-state index in [0.29, 0.717) is 22.2 Å². The molecular weight excluding hydrogens is 570 g/mol. The fourth-order valence-corrected chi connectivity index (χ4v) is 6.04. The molecule has 2 amide bonds. The Balaban J connectivity index is 1.43. The zero-order valence-corrected chi connectivity index (χ0v) is 22.0. The minimum absolute atomic E-state index is 0.0429. The third-order valence-corrected chi connectivity index (χ3v) is 7.85. The number of methoxy groups -OCH3 is 1. The number of hydrogen-bond acceptors (Lipinski definition) is 9. The van der Waals surface area contributed by atoms with Gasteiger partial charge in [-0.2, -0.15) is 0 Å². The summed E-state index contributed by atoms with van der Waals surface area (Å²) in [6, 6.07) is 14.7. The molecule has 4 rings (SSSR count). The van der Waals surface area contributed by atoms with Crippen LogP contribution < -0.4 is 5.32 Å². The highest BCUT2D eigenvalue weighted by Crippen LogP contribution is 2.47. The summed E-state index contributed by atoms with van der Waals surface area (Å²) in [5, 5.41) is 12.9. The first kappa shape index (κ1) is 26.6. The molecule has 1 unspecified atom stereocenters. The van der Waals surface area contributed by atoms with Crippen LogP contribution >= 0.6 is 27.7 Å². The largest absolute Gasteiger partial charge is 0.456 e. The number of alkyl halides is 1. The molecule has 2 aromatic rings. The average molecular weight is 592 g/mol. The molecule has 0 aromatic heterocycles. The van der Waals surface area contributed by atoms with Crippen LogP contribution in [0.4, 0.5) is 10.5 Å². The van der Waals surface area contributed by atoms with Gasteiger partial charge in [0.1, 0.15) is 24.3 Å². The number of β-lactam (4-membered cyclic amide) rings is 1. The Bertz CT molecular complexity index is 1240. The lowest BCUT2D eigenvalue weighted by atomic mass is 9.98. The average Bonchev–Trinajstić information content (AvgIpc) is 2.93. The number of alkyl carbamates (subject to hydrolysis) is 1. The van der Waals surface area contributed by atoms with Crippen molar-refractivity contribution in [2.45, 2.75) is 24.3 Å². The summed E-state index contributed by atoms with van der Waals surface area (Å²) in [5.41, 5.74) is 0.301. The molecule has 0 saturated carbocycles. The van der Waals surface area contributed by atoms with Crippen LogP contribution in [0.5, 0.6) is 0 Å². The van der Waals surface area contributed by atoms with Gasteiger partial charge < -0.3 is 14.2 Å². The third kappa shape index (κ3) is 5.33. The van der Waals surface area contributed by atoms with Crippen molar-refractivity contribution in [2.75, 3.05) is 18.2 Å². The number of benzene rings is 2. The molecule has 2 heterocycles. The Morgan fingerprint density at radius 3 is 2.41 bits per heavy atom. The van der Waals surface area contributed by atoms with Gasteiger partial charge in [-0.25, -0.2) is 9.59 Å². The highest BCUT2D eigenvalue weighted by molar-refractivity contribution is 9.09. The van der Waals surface area contributed by atoms with E-state index in [1.165, 1.54) is 48.0 Å². The number of nitro benzene ring substituents is 1. The number of rotatable bonds is 9. The van der Waals surface area contributed by atoms with Gasteiger partial charge in [0, 0.05) is 30.3 Å². The van der Waals surface area contributed by atoms with Crippen LogP contribution in [0.1, 0.15) is 11.1 Å². The zero-order valence-electron chi connectivity index (χ0n) is 19.5. The number of carbonyl (C=O) groups excluding carboxylic acids is 3. The maximum atomic E-state index is 13.3. The maximum absolute atomic E-state index is 13.3. The molecule has 0 spiro atoms. The minimum Gasteiger partial charge on any atom is -0.456 e. The monoisotopic (exact) mass is 591 g/mol. The van der Waals surface area contributed by atoms with Crippen LogP contribution in [0.3, 0.4) is 0 Å². The molecule has 1 saturated heterocycles. The second-order valence-electron chi connectivity index (χ2n) is 8.05. The van der Waals surface area contributed by atoms with Crippen LogP contribution in [0.25, 0.3) is 0 Å². The van der Waals surface area contributed by atoms with Crippen LogP contribution in [0.2, 0.25) is 0 Å². The molecule has 0 radical (unpaired) electrons. The van der Waals surface area contributed by atoms with Gasteiger partial charge in [-0.1, -0.05) is 46.3 Å². The predicted molar refractivity (Wildman–Crippen MR) is 136 cm³/mol. The Kier molecular flexibility index (Phi) is 8.15. The van der Waals surface area contributed by atoms with Gasteiger partial charge in [-0.3, -0.25) is 25.1 Å². The van der Waals surface area contributed by atoms with E-state index in [9.17, 15) is 24.5 Å². The second-order valence-corrected chi connectivity index (χ2v) is 9.68. The Morgan fingerprint density at radius 1 is 1.14 bits per heavy atom. The molecule has 2 atom stereocenters. The number of ether oxygens (including phenoxy) is 3. The van der Waals surface area contributed by atoms with E-state index in [4.69, 9.17) is 14.2 Å². The van der Waals surface area contributed by atoms with E-state index in [2.05, 4.69) is 21.2 Å². The van der Waals surface area contributed by atoms with Gasteiger partial charge in [0.05, 0.1) is 4.92 Å². The molecule has 2 aromatic carbocycles. The van der Waals surface area contributed by atoms with Gasteiger partial charge in [-0.15, -0.1) is 11.8 Å². The summed E-state index contributed by atoms with van der Waals surface area (Å²) in [4.78, 5) is 50.4. The molecule has 2 aliphatic heterocycles. The number of carbonyl (C=O) groups is 3. The molecule has 0 bridgehead atoms. The minimum atomic E-state index is -1.74. The van der Waals surface area contributed by atoms with Gasteiger partial charge in [0.2, 0.25) is 0 Å². The number of fused-ring (bicyclic) bond motifs is 1. The van der Waals surface area contributed by atoms with Crippen molar-refractivity contribution < 1.29 is 33.5 Å². The standard InChI is InChI=1S/C24H22BrN3O8S/c1-34-24(26-23(31)36-13-16-7-9-18(10-8-16)28(32)33)21(30)27-19(17(11-25)14-37-22(24)27)20(29)35-12-15-5-3-2-4-6-15/h2-10,22H,11-14H2,1H3,(H,26,31)/t22-,24?/m0/s1. The van der Waals surface area contributed by atoms with Crippen molar-refractivity contribution >= 4 is 51.3 Å². The maximum Gasteiger partial charge on any atom is 0.410 e. The highest BCUT2D eigenvalue weighted by atomic mass is 79.9. The summed E-state index contributed by atoms with van der Waals surface area (Å²) in [6.45, 7) is -0.134. The number of amides is 2. The second kappa shape index (κ2) is 11.3. The smallest absolute Gasteiger partial charge is 0.410 e. The quantitative estimate of drug-likeness (QED) is 0.116. The van der Waals surface area contributed by atoms with Crippen LogP contribution in [-0.2, 0) is 37.0 Å². The Morgan fingerprint density at radius 2 is 1.78 bits per heavy atom. The highest BCUT2D eigenvalue weighted by Gasteiger charge is 2.67. The number of halogens is 1. The molecule has 1 fully saturated rings. The molecule has 0 aliphatic carbocycles. The molecule has 11 nitrogen and oxygen atoms in total. The topological polar surface area (TPSA) is 137 Å². The van der Waals surface area contributed by atoms with Crippen molar-refractivity contribution in [3.63, 3.8) is 0 Å². The molecule has 13 heteroatoms. The number of hydrogen-bond donors (Lipinski definition) is 1. The Hall–Kier alpha value is -3.42. The van der Waals surface area contributed by atoms with Crippen molar-refractivity contribution in [3.8, 4) is 0 Å². The number of nitrogens with one attached hydrogen (secondary N) is 1. The fraction of sp³-hybridized carbons (Fsp3) is 0.292. The summed E-state index contributed by atoms with van der Waals surface area (Å²) in [5.74, 6) is -0.882. The molecule has 194 valence electrons. The van der Waals surface area contributed by atoms with Crippen LogP contribution in [0.15, 0.2) is 65.9 Å². The SMILES string of the molecule is COC1(NC(=O)OCc2ccc([N+](=O)[O-])cc2)C(=O)N2C(C(=O)OCc3ccccc3)=C(CBr)CS[C@H]21. The zero-order chi connectivity index (χ0) is 26.6. The number of esters is 1. The van der Waals surface area contributed by atoms with Gasteiger partial charge in [-0.05, 0) is 28.8 Å². The van der Waals surface area contributed by atoms with E-state index in [-0.39, 0.29) is 24.6 Å². The van der Waals surface area contributed by atoms with Crippen molar-refractivity contribution in [3.05, 3.63) is 87.1 Å². The van der Waals surface area contributed by atoms with Crippen molar-refractivity contribution in [1.29, 1.82) is 0 Å². The predicted octanol–water partition coefficient (Wildman–Crippen LogP) is 3.47. The first-order chi connectivity index (χ1) is 17.8. The van der Waals surface area contributed by atoms with Gasteiger partial charge in [0.25, 0.3) is 17.3 Å². The molecule has 1 N–H and O–H groups in total. The summed E-state index contributed by atoms with van der Waals surface area (Å²) < 4.78 is 16.1. The first-order valence-corrected chi connectivity index (χ1v) is 13.2. The van der Waals surface area contributed by atoms with E-state index in [1.54, 1.807) is 0 Å². The fourth-order valence-electron chi connectivity index (χ4n) is 3.88. The summed E-state index contributed by atoms with van der Waals surface area (Å²) in [7, 11) is 1.28. The van der Waals surface area contributed by atoms with E-state index in [1.807, 2.05) is 30.3 Å². The van der Waals surface area contributed by atoms with E-state index < -0.39 is 34.0 Å². The van der Waals surface area contributed by atoms with E-state index >= 15 is 0 Å². The summed E-state index contributed by atoms with van der Waals surface area (Å²) in [6.07, 6.45) is -0.919. The molecule has 2 aliphatic rings. The lowest BCUT2D eigenvalue weighted by Crippen LogP contribution is -2.80. The number of nitro groups is 1. The number of nitrogens with zero attached hydrogens (tertiary/aromatic N) is 2. The number of thioether (sulfide) groups is 1. The van der Waals surface area contributed by atoms with Gasteiger partial charge >= 0.3 is 12.1 Å². The lowest BCUT2D eigenvalue weighted by Gasteiger charge is -2.55. The van der Waals surface area contributed by atoms with Crippen molar-refractivity contribution in [2.24, 2.45) is 0 Å². The normalized spacial score (nSPS) is 20.5. The Labute approximate surface area is 224 Å². The summed E-state index contributed by atoms with van der Waals surface area (Å²) >= 11 is 4.70. The first-order valence-electron chi connectivity index (χ1n) is 11.0. The lowest BCUT2D eigenvalue weighted by molar-refractivity contribution is -0.384. The van der Waals surface area contributed by atoms with Gasteiger partial charge in [0.15, 0.2) is 0 Å². The number of non-ortho nitro benzene ring substituents is 1. The third-order valence-electron chi connectivity index (χ3n) is 5.80. The van der Waals surface area contributed by atoms with Crippen LogP contribution in [0, 0.1) is 10.1 Å². The molecular formula is C24H22BrN3O8S. The molecule has 37 heavy (non-hydrogen) atoms. The van der Waals surface area contributed by atoms with Crippen molar-refractivity contribution in [1.82, 2.24) is 10.2 Å². The van der Waals surface area contributed by atoms with Crippen LogP contribution in [-0.4, -0.2) is 57.1 Å². The van der Waals surface area contributed by atoms with E-state index in [0.717, 1.165) is 5.56 Å².